The molecule has 0 N–H and O–H groups in total. The van der Waals surface area contributed by atoms with Crippen LogP contribution in [0, 0.1) is 0 Å². The number of ether oxygens (including phenoxy) is 1. The molecule has 1 aliphatic rings. The molecule has 0 amide bonds. The van der Waals surface area contributed by atoms with Gasteiger partial charge in [-0.05, 0) is 24.6 Å². The Bertz CT molecular complexity index is 803. The molecule has 0 aliphatic carbocycles. The number of hydrogen-bond acceptors (Lipinski definition) is 6. The molecule has 0 saturated carbocycles. The maximum atomic E-state index is 13.2. The summed E-state index contributed by atoms with van der Waals surface area (Å²) in [5.41, 5.74) is 0.259. The van der Waals surface area contributed by atoms with E-state index in [0.29, 0.717) is 19.7 Å². The van der Waals surface area contributed by atoms with Crippen molar-refractivity contribution < 1.29 is 17.9 Å². The minimum atomic E-state index is -4.50. The van der Waals surface area contributed by atoms with Crippen molar-refractivity contribution in [1.82, 2.24) is 14.9 Å². The van der Waals surface area contributed by atoms with Crippen molar-refractivity contribution >= 4 is 11.8 Å². The van der Waals surface area contributed by atoms with Gasteiger partial charge in [-0.25, -0.2) is 4.98 Å². The summed E-state index contributed by atoms with van der Waals surface area (Å²) in [7, 11) is 3.34. The zero-order chi connectivity index (χ0) is 21.0. The Balaban J connectivity index is 1.65. The Morgan fingerprint density at radius 1 is 1.03 bits per heavy atom. The van der Waals surface area contributed by atoms with Gasteiger partial charge in [0, 0.05) is 52.9 Å². The highest BCUT2D eigenvalue weighted by Crippen LogP contribution is 2.31. The van der Waals surface area contributed by atoms with Crippen molar-refractivity contribution in [3.8, 4) is 5.75 Å². The van der Waals surface area contributed by atoms with E-state index in [-0.39, 0.29) is 11.8 Å². The van der Waals surface area contributed by atoms with Gasteiger partial charge in [-0.1, -0.05) is 12.1 Å². The van der Waals surface area contributed by atoms with Crippen LogP contribution >= 0.6 is 0 Å². The van der Waals surface area contributed by atoms with Gasteiger partial charge in [0.25, 0.3) is 0 Å². The monoisotopic (exact) mass is 409 g/mol. The van der Waals surface area contributed by atoms with Crippen molar-refractivity contribution in [3.63, 3.8) is 0 Å². The van der Waals surface area contributed by atoms with Crippen molar-refractivity contribution in [2.45, 2.75) is 19.6 Å². The molecular weight excluding hydrogens is 383 g/mol. The molecule has 29 heavy (non-hydrogen) atoms. The molecule has 158 valence electrons. The molecule has 2 heterocycles. The SMILES string of the molecule is CCOc1ccc(CN2CCN(c3nc(N(C)C)cc(C(F)(F)F)n3)CC2)cc1. The van der Waals surface area contributed by atoms with E-state index in [1.807, 2.05) is 36.1 Å². The fraction of sp³-hybridized carbons (Fsp3) is 0.500. The molecule has 2 aromatic rings. The first-order valence-electron chi connectivity index (χ1n) is 9.59. The van der Waals surface area contributed by atoms with Gasteiger partial charge in [0.15, 0.2) is 5.69 Å². The molecular formula is C20H26F3N5O. The Morgan fingerprint density at radius 2 is 1.69 bits per heavy atom. The number of benzene rings is 1. The van der Waals surface area contributed by atoms with Gasteiger partial charge in [0.1, 0.15) is 11.6 Å². The molecule has 0 atom stereocenters. The molecule has 1 aromatic carbocycles. The second kappa shape index (κ2) is 8.86. The molecule has 6 nitrogen and oxygen atoms in total. The number of aromatic nitrogens is 2. The van der Waals surface area contributed by atoms with E-state index in [1.165, 1.54) is 5.56 Å². The molecule has 0 spiro atoms. The summed E-state index contributed by atoms with van der Waals surface area (Å²) in [6.45, 7) is 5.97. The number of hydrogen-bond donors (Lipinski definition) is 0. The average Bonchev–Trinajstić information content (AvgIpc) is 2.69. The smallest absolute Gasteiger partial charge is 0.433 e. The molecule has 0 radical (unpaired) electrons. The zero-order valence-electron chi connectivity index (χ0n) is 16.9. The molecule has 0 unspecified atom stereocenters. The van der Waals surface area contributed by atoms with Crippen LogP contribution in [-0.4, -0.2) is 61.7 Å². The van der Waals surface area contributed by atoms with Crippen LogP contribution in [0.15, 0.2) is 30.3 Å². The second-order valence-electron chi connectivity index (χ2n) is 7.14. The first kappa shape index (κ1) is 21.2. The van der Waals surface area contributed by atoms with Crippen LogP contribution in [0.4, 0.5) is 24.9 Å². The van der Waals surface area contributed by atoms with Gasteiger partial charge < -0.3 is 14.5 Å². The lowest BCUT2D eigenvalue weighted by Crippen LogP contribution is -2.46. The maximum Gasteiger partial charge on any atom is 0.433 e. The van der Waals surface area contributed by atoms with Crippen LogP contribution in [0.25, 0.3) is 0 Å². The summed E-state index contributed by atoms with van der Waals surface area (Å²) in [6, 6.07) is 8.96. The lowest BCUT2D eigenvalue weighted by atomic mass is 10.2. The topological polar surface area (TPSA) is 44.7 Å². The molecule has 1 aliphatic heterocycles. The van der Waals surface area contributed by atoms with Crippen LogP contribution in [0.1, 0.15) is 18.2 Å². The summed E-state index contributed by atoms with van der Waals surface area (Å²) >= 11 is 0. The Kier molecular flexibility index (Phi) is 6.46. The quantitative estimate of drug-likeness (QED) is 0.730. The fourth-order valence-electron chi connectivity index (χ4n) is 3.16. The van der Waals surface area contributed by atoms with Crippen LogP contribution in [0.5, 0.6) is 5.75 Å². The fourth-order valence-corrected chi connectivity index (χ4v) is 3.16. The van der Waals surface area contributed by atoms with Gasteiger partial charge >= 0.3 is 6.18 Å². The van der Waals surface area contributed by atoms with E-state index in [0.717, 1.165) is 31.5 Å². The number of alkyl halides is 3. The average molecular weight is 409 g/mol. The van der Waals surface area contributed by atoms with Crippen molar-refractivity contribution in [1.29, 1.82) is 0 Å². The zero-order valence-corrected chi connectivity index (χ0v) is 16.9. The van der Waals surface area contributed by atoms with Gasteiger partial charge in [-0.2, -0.15) is 18.2 Å². The summed E-state index contributed by atoms with van der Waals surface area (Å²) in [5.74, 6) is 1.22. The van der Waals surface area contributed by atoms with Crippen LogP contribution in [-0.2, 0) is 12.7 Å². The highest BCUT2D eigenvalue weighted by Gasteiger charge is 2.34. The first-order chi connectivity index (χ1) is 13.8. The number of piperazine rings is 1. The summed E-state index contributed by atoms with van der Waals surface area (Å²) in [4.78, 5) is 13.7. The molecule has 3 rings (SSSR count). The normalized spacial score (nSPS) is 15.4. The molecule has 1 saturated heterocycles. The maximum absolute atomic E-state index is 13.2. The number of rotatable bonds is 6. The standard InChI is InChI=1S/C20H26F3N5O/c1-4-29-16-7-5-15(6-8-16)14-27-9-11-28(12-10-27)19-24-17(20(21,22)23)13-18(25-19)26(2)3/h5-8,13H,4,9-12,14H2,1-3H3. The molecule has 0 bridgehead atoms. The Morgan fingerprint density at radius 3 is 2.24 bits per heavy atom. The van der Waals surface area contributed by atoms with Gasteiger partial charge in [0.05, 0.1) is 6.61 Å². The summed E-state index contributed by atoms with van der Waals surface area (Å²) in [6.07, 6.45) is -4.50. The van der Waals surface area contributed by atoms with Crippen LogP contribution < -0.4 is 14.5 Å². The van der Waals surface area contributed by atoms with Crippen LogP contribution in [0.3, 0.4) is 0 Å². The molecule has 1 fully saturated rings. The number of nitrogens with zero attached hydrogens (tertiary/aromatic N) is 5. The number of halogens is 3. The van der Waals surface area contributed by atoms with E-state index in [2.05, 4.69) is 14.9 Å². The molecule has 1 aromatic heterocycles. The van der Waals surface area contributed by atoms with Crippen molar-refractivity contribution in [2.24, 2.45) is 0 Å². The van der Waals surface area contributed by atoms with Gasteiger partial charge in [-0.3, -0.25) is 4.90 Å². The lowest BCUT2D eigenvalue weighted by Gasteiger charge is -2.35. The molecule has 9 heteroatoms. The predicted octanol–water partition coefficient (Wildman–Crippen LogP) is 3.28. The van der Waals surface area contributed by atoms with Crippen molar-refractivity contribution in [3.05, 3.63) is 41.6 Å². The Hall–Kier alpha value is -2.55. The summed E-state index contributed by atoms with van der Waals surface area (Å²) in [5, 5.41) is 0. The minimum Gasteiger partial charge on any atom is -0.494 e. The van der Waals surface area contributed by atoms with Gasteiger partial charge in [-0.15, -0.1) is 0 Å². The summed E-state index contributed by atoms with van der Waals surface area (Å²) < 4.78 is 45.1. The number of anilines is 2. The highest BCUT2D eigenvalue weighted by atomic mass is 19.4. The Labute approximate surface area is 168 Å². The van der Waals surface area contributed by atoms with E-state index in [4.69, 9.17) is 4.74 Å². The first-order valence-corrected chi connectivity index (χ1v) is 9.59. The van der Waals surface area contributed by atoms with Gasteiger partial charge in [0.2, 0.25) is 5.95 Å². The third kappa shape index (κ3) is 5.50. The highest BCUT2D eigenvalue weighted by molar-refractivity contribution is 5.46. The van der Waals surface area contributed by atoms with Crippen molar-refractivity contribution in [2.75, 3.05) is 56.7 Å². The van der Waals surface area contributed by atoms with E-state index < -0.39 is 11.9 Å². The second-order valence-corrected chi connectivity index (χ2v) is 7.14. The lowest BCUT2D eigenvalue weighted by molar-refractivity contribution is -0.141. The predicted molar refractivity (Wildman–Crippen MR) is 106 cm³/mol. The van der Waals surface area contributed by atoms with E-state index in [9.17, 15) is 13.2 Å². The van der Waals surface area contributed by atoms with Crippen LogP contribution in [0.2, 0.25) is 0 Å². The third-order valence-electron chi connectivity index (χ3n) is 4.75. The minimum absolute atomic E-state index is 0.129. The largest absolute Gasteiger partial charge is 0.494 e. The van der Waals surface area contributed by atoms with E-state index in [1.54, 1.807) is 19.0 Å². The third-order valence-corrected chi connectivity index (χ3v) is 4.75. The van der Waals surface area contributed by atoms with E-state index >= 15 is 0 Å².